The number of pyridine rings is 1. The van der Waals surface area contributed by atoms with E-state index in [9.17, 15) is 19.9 Å². The number of hydrogen-bond acceptors (Lipinski definition) is 10. The Morgan fingerprint density at radius 3 is 2.34 bits per heavy atom. The van der Waals surface area contributed by atoms with E-state index in [1.54, 1.807) is 13.2 Å². The fourth-order valence-corrected chi connectivity index (χ4v) is 9.03. The van der Waals surface area contributed by atoms with E-state index in [0.29, 0.717) is 51.4 Å². The van der Waals surface area contributed by atoms with Crippen molar-refractivity contribution < 1.29 is 33.6 Å². The van der Waals surface area contributed by atoms with E-state index >= 15 is 0 Å². The van der Waals surface area contributed by atoms with Crippen molar-refractivity contribution in [2.75, 3.05) is 40.0 Å². The lowest BCUT2D eigenvalue weighted by Gasteiger charge is -2.48. The normalized spacial score (nSPS) is 20.5. The summed E-state index contributed by atoms with van der Waals surface area (Å²) in [5.74, 6) is -0.698. The van der Waals surface area contributed by atoms with Crippen LogP contribution in [-0.4, -0.2) is 56.8 Å². The van der Waals surface area contributed by atoms with Crippen molar-refractivity contribution in [1.29, 1.82) is 0 Å². The zero-order valence-electron chi connectivity index (χ0n) is 29.5. The van der Waals surface area contributed by atoms with Gasteiger partial charge in [-0.3, -0.25) is 5.32 Å². The summed E-state index contributed by atoms with van der Waals surface area (Å²) in [7, 11) is 1.57. The molecule has 5 heterocycles. The van der Waals surface area contributed by atoms with Gasteiger partial charge in [0.1, 0.15) is 16.1 Å². The lowest BCUT2D eigenvalue weighted by atomic mass is 9.73. The molecule has 280 valence electrons. The number of ether oxygens (including phenoxy) is 3. The van der Waals surface area contributed by atoms with E-state index in [0.717, 1.165) is 74.2 Å². The summed E-state index contributed by atoms with van der Waals surface area (Å²) in [5.41, 5.74) is 2.49. The highest BCUT2D eigenvalue weighted by molar-refractivity contribution is 7.14. The minimum absolute atomic E-state index is 0.0233. The van der Waals surface area contributed by atoms with Crippen LogP contribution in [0, 0.1) is 16.5 Å². The third kappa shape index (κ3) is 8.76. The maximum Gasteiger partial charge on any atom is 0.327 e. The maximum absolute atomic E-state index is 13.8. The fourth-order valence-electron chi connectivity index (χ4n) is 7.42. The molecular formula is C40H42Cl2N3O7S-. The molecule has 0 amide bonds. The van der Waals surface area contributed by atoms with E-state index in [-0.39, 0.29) is 39.3 Å². The molecule has 8 rings (SSSR count). The molecule has 53 heavy (non-hydrogen) atoms. The monoisotopic (exact) mass is 778 g/mol. The number of carboxylic acid groups (broad SMARTS) is 1. The van der Waals surface area contributed by atoms with Crippen molar-refractivity contribution in [2.24, 2.45) is 11.3 Å². The van der Waals surface area contributed by atoms with Crippen LogP contribution in [0.5, 0.6) is 11.5 Å². The van der Waals surface area contributed by atoms with E-state index in [1.165, 1.54) is 12.4 Å². The summed E-state index contributed by atoms with van der Waals surface area (Å²) in [5, 5.41) is 28.6. The van der Waals surface area contributed by atoms with Crippen LogP contribution >= 0.6 is 34.5 Å². The van der Waals surface area contributed by atoms with Crippen LogP contribution in [0.15, 0.2) is 67.0 Å². The first-order valence-electron chi connectivity index (χ1n) is 18.0. The second-order valence-corrected chi connectivity index (χ2v) is 16.4. The van der Waals surface area contributed by atoms with E-state index in [4.69, 9.17) is 37.4 Å². The van der Waals surface area contributed by atoms with Crippen LogP contribution in [0.2, 0.25) is 10.0 Å². The number of carbonyl (C=O) groups is 2. The lowest BCUT2D eigenvalue weighted by Crippen LogP contribution is -2.50. The minimum Gasteiger partial charge on any atom is -0.619 e. The molecule has 4 fully saturated rings. The number of aromatic carboxylic acids is 1. The smallest absolute Gasteiger partial charge is 0.327 e. The highest BCUT2D eigenvalue weighted by Gasteiger charge is 2.41. The molecule has 1 saturated carbocycles. The molecule has 2 unspecified atom stereocenters. The summed E-state index contributed by atoms with van der Waals surface area (Å²) in [6, 6.07) is 16.0. The van der Waals surface area contributed by atoms with Crippen molar-refractivity contribution in [3.05, 3.63) is 114 Å². The molecule has 0 spiro atoms. The number of hydrogen-bond donors (Lipinski definition) is 1. The molecule has 13 heteroatoms. The molecular weight excluding hydrogens is 737 g/mol. The van der Waals surface area contributed by atoms with Crippen molar-refractivity contribution in [3.8, 4) is 11.5 Å². The number of halogens is 2. The van der Waals surface area contributed by atoms with Crippen LogP contribution in [0.4, 0.5) is 0 Å². The van der Waals surface area contributed by atoms with Crippen molar-refractivity contribution in [2.45, 2.75) is 57.0 Å². The Kier molecular flexibility index (Phi) is 11.5. The van der Waals surface area contributed by atoms with Gasteiger partial charge in [-0.1, -0.05) is 59.6 Å². The number of fused-ring (bicyclic) bond motifs is 3. The number of nitrogens with zero attached hydrogens (tertiary/aromatic N) is 2. The SMILES string of the molecule is COc1ccc(C(Cc2c(Cl)c[n+]([O-])cc2Cl)c2cc(CNC(C(=O)OCC34CCN(CC3)CC4)c3ccccc3)sc2C(=O)[O-])cc1OCC1CC1. The highest BCUT2D eigenvalue weighted by Crippen LogP contribution is 2.43. The first-order valence-corrected chi connectivity index (χ1v) is 19.6. The third-order valence-corrected chi connectivity index (χ3v) is 12.6. The Morgan fingerprint density at radius 1 is 1.00 bits per heavy atom. The van der Waals surface area contributed by atoms with Gasteiger partial charge < -0.3 is 34.2 Å². The number of aromatic nitrogens is 1. The van der Waals surface area contributed by atoms with E-state index < -0.39 is 17.9 Å². The number of nitrogens with one attached hydrogen (secondary N) is 1. The molecule has 2 bridgehead atoms. The average molecular weight is 780 g/mol. The van der Waals surface area contributed by atoms with Crippen molar-refractivity contribution >= 4 is 46.5 Å². The largest absolute Gasteiger partial charge is 0.619 e. The molecule has 3 aliphatic heterocycles. The van der Waals surface area contributed by atoms with Gasteiger partial charge in [-0.2, -0.15) is 4.73 Å². The van der Waals surface area contributed by atoms with Crippen LogP contribution in [0.3, 0.4) is 0 Å². The molecule has 0 radical (unpaired) electrons. The second-order valence-electron chi connectivity index (χ2n) is 14.4. The number of rotatable bonds is 16. The Morgan fingerprint density at radius 2 is 1.70 bits per heavy atom. The zero-order chi connectivity index (χ0) is 37.1. The number of benzene rings is 2. The Bertz CT molecular complexity index is 1910. The molecule has 1 aliphatic carbocycles. The number of thiophene rings is 1. The predicted molar refractivity (Wildman–Crippen MR) is 201 cm³/mol. The molecule has 10 nitrogen and oxygen atoms in total. The topological polar surface area (TPSA) is 127 Å². The minimum atomic E-state index is -1.33. The average Bonchev–Trinajstić information content (AvgIpc) is 3.90. The second kappa shape index (κ2) is 16.2. The van der Waals surface area contributed by atoms with Gasteiger partial charge in [-0.05, 0) is 99.0 Å². The summed E-state index contributed by atoms with van der Waals surface area (Å²) in [4.78, 5) is 29.7. The summed E-state index contributed by atoms with van der Waals surface area (Å²) in [6.45, 7) is 4.23. The Hall–Kier alpha value is -3.87. The summed E-state index contributed by atoms with van der Waals surface area (Å²) >= 11 is 14.2. The van der Waals surface area contributed by atoms with Crippen molar-refractivity contribution in [3.63, 3.8) is 0 Å². The maximum atomic E-state index is 13.8. The van der Waals surface area contributed by atoms with Gasteiger partial charge in [-0.15, -0.1) is 11.3 Å². The molecule has 4 aromatic rings. The van der Waals surface area contributed by atoms with Gasteiger partial charge in [0.15, 0.2) is 23.9 Å². The van der Waals surface area contributed by atoms with Crippen LogP contribution in [0.1, 0.15) is 80.9 Å². The van der Waals surface area contributed by atoms with Gasteiger partial charge >= 0.3 is 5.97 Å². The number of carboxylic acids is 1. The van der Waals surface area contributed by atoms with Crippen molar-refractivity contribution in [1.82, 2.24) is 10.2 Å². The Balaban J connectivity index is 1.19. The van der Waals surface area contributed by atoms with E-state index in [1.807, 2.05) is 48.5 Å². The van der Waals surface area contributed by atoms with E-state index in [2.05, 4.69) is 10.2 Å². The first-order chi connectivity index (χ1) is 25.6. The predicted octanol–water partition coefficient (Wildman–Crippen LogP) is 6.08. The van der Waals surface area contributed by atoms with Gasteiger partial charge in [0, 0.05) is 28.3 Å². The highest BCUT2D eigenvalue weighted by atomic mass is 35.5. The van der Waals surface area contributed by atoms with Crippen LogP contribution in [0.25, 0.3) is 0 Å². The number of methoxy groups -OCH3 is 1. The number of carbonyl (C=O) groups excluding carboxylic acids is 2. The van der Waals surface area contributed by atoms with Gasteiger partial charge in [0.05, 0.1) is 31.2 Å². The quantitative estimate of drug-likeness (QED) is 0.0818. The summed E-state index contributed by atoms with van der Waals surface area (Å²) in [6.07, 6.45) is 7.90. The molecule has 2 aromatic heterocycles. The van der Waals surface area contributed by atoms with Crippen LogP contribution in [-0.2, 0) is 22.5 Å². The molecule has 3 saturated heterocycles. The molecule has 2 aromatic carbocycles. The first kappa shape index (κ1) is 37.4. The standard InChI is InChI=1S/C40H43Cl2N3O7S/c1-50-34-10-9-27(17-35(34)51-23-25-7-8-25)29(19-31-32(41)21-45(49)22-33(31)42)30-18-28(53-37(30)38(46)47)20-43-36(26-5-3-2-4-6-26)39(48)52-24-40-11-14-44(15-12-40)16-13-40/h2-6,9-10,17-18,21-22,25,29,36,43H,7-8,11-16,19-20,23-24H2,1H3,(H,46,47)/p-1. The zero-order valence-corrected chi connectivity index (χ0v) is 31.8. The molecule has 4 aliphatic rings. The fraction of sp³-hybridized carbons (Fsp3) is 0.425. The number of esters is 1. The van der Waals surface area contributed by atoms with Crippen LogP contribution < -0.4 is 24.6 Å². The summed E-state index contributed by atoms with van der Waals surface area (Å²) < 4.78 is 18.3. The lowest BCUT2D eigenvalue weighted by molar-refractivity contribution is -0.605. The van der Waals surface area contributed by atoms with Gasteiger partial charge in [-0.25, -0.2) is 4.79 Å². The third-order valence-electron chi connectivity index (χ3n) is 10.8. The Labute approximate surface area is 323 Å². The van der Waals surface area contributed by atoms with Gasteiger partial charge in [0.2, 0.25) is 0 Å². The molecule has 1 N–H and O–H groups in total. The number of piperidine rings is 3. The van der Waals surface area contributed by atoms with Gasteiger partial charge in [0.25, 0.3) is 0 Å². The molecule has 2 atom stereocenters.